The average Bonchev–Trinajstić information content (AvgIpc) is 3.61. The lowest BCUT2D eigenvalue weighted by Crippen LogP contribution is -2.40. The van der Waals surface area contributed by atoms with Crippen LogP contribution >= 0.6 is 0 Å². The van der Waals surface area contributed by atoms with E-state index in [2.05, 4.69) is 178 Å². The van der Waals surface area contributed by atoms with Crippen LogP contribution in [-0.2, 0) is 10.8 Å². The van der Waals surface area contributed by atoms with Crippen molar-refractivity contribution in [2.24, 2.45) is 0 Å². The Morgan fingerprint density at radius 2 is 0.833 bits per heavy atom. The van der Waals surface area contributed by atoms with Crippen LogP contribution in [0.3, 0.4) is 0 Å². The lowest BCUT2D eigenvalue weighted by Gasteiger charge is -2.46. The van der Waals surface area contributed by atoms with E-state index in [9.17, 15) is 0 Å². The summed E-state index contributed by atoms with van der Waals surface area (Å²) < 4.78 is 0. The molecule has 0 saturated carbocycles. The molecule has 3 heteroatoms. The van der Waals surface area contributed by atoms with Crippen molar-refractivity contribution in [2.75, 3.05) is 0 Å². The van der Waals surface area contributed by atoms with Crippen LogP contribution in [0.4, 0.5) is 0 Å². The van der Waals surface area contributed by atoms with Crippen molar-refractivity contribution in [3.05, 3.63) is 234 Å². The molecule has 2 aliphatic rings. The number of benzene rings is 9. The summed E-state index contributed by atoms with van der Waals surface area (Å²) in [7, 11) is 0. The molecule has 0 amide bonds. The van der Waals surface area contributed by atoms with E-state index in [0.29, 0.717) is 17.5 Å². The zero-order valence-electron chi connectivity index (χ0n) is 33.4. The summed E-state index contributed by atoms with van der Waals surface area (Å²) in [5, 5.41) is 4.99. The Hall–Kier alpha value is -7.49. The minimum absolute atomic E-state index is 0.202. The maximum atomic E-state index is 5.33. The molecule has 0 aliphatic heterocycles. The number of hydrogen-bond acceptors (Lipinski definition) is 3. The van der Waals surface area contributed by atoms with Gasteiger partial charge in [-0.2, -0.15) is 0 Å². The smallest absolute Gasteiger partial charge is 0.164 e. The highest BCUT2D eigenvalue weighted by Gasteiger charge is 2.54. The van der Waals surface area contributed by atoms with Gasteiger partial charge in [0.15, 0.2) is 17.5 Å². The largest absolute Gasteiger partial charge is 0.208 e. The third-order valence-corrected chi connectivity index (χ3v) is 13.2. The number of nitrogens with zero attached hydrogens (tertiary/aromatic N) is 3. The van der Waals surface area contributed by atoms with Gasteiger partial charge in [-0.1, -0.05) is 202 Å². The standard InChI is InChI=1S/C57H39N3/c1-56(2)47-27-13-15-29-49(47)57(50-30-16-14-28-48(50)56)46-33-32-39(44-34-38-22-9-10-23-40(38)41-24-11-12-25-42(41)44)35-45(46)52-43(26-17-31-51(52)57)55-59-53(36-18-5-3-6-19-36)58-54(60-55)37-20-7-4-8-21-37/h3-35H,1-2H3. The van der Waals surface area contributed by atoms with Crippen molar-refractivity contribution in [3.63, 3.8) is 0 Å². The Kier molecular flexibility index (Phi) is 7.49. The topological polar surface area (TPSA) is 38.7 Å². The lowest BCUT2D eigenvalue weighted by molar-refractivity contribution is 0.563. The highest BCUT2D eigenvalue weighted by molar-refractivity contribution is 6.14. The predicted octanol–water partition coefficient (Wildman–Crippen LogP) is 13.8. The first kappa shape index (κ1) is 34.5. The fourth-order valence-corrected chi connectivity index (χ4v) is 10.5. The maximum absolute atomic E-state index is 5.33. The highest BCUT2D eigenvalue weighted by atomic mass is 15.0. The van der Waals surface area contributed by atoms with Gasteiger partial charge in [-0.15, -0.1) is 0 Å². The van der Waals surface area contributed by atoms with E-state index >= 15 is 0 Å². The maximum Gasteiger partial charge on any atom is 0.164 e. The predicted molar refractivity (Wildman–Crippen MR) is 246 cm³/mol. The van der Waals surface area contributed by atoms with Crippen molar-refractivity contribution >= 4 is 21.5 Å². The summed E-state index contributed by atoms with van der Waals surface area (Å²) in [5.74, 6) is 1.95. The molecule has 0 radical (unpaired) electrons. The second kappa shape index (κ2) is 13.0. The van der Waals surface area contributed by atoms with Crippen molar-refractivity contribution in [1.29, 1.82) is 0 Å². The molecule has 10 aromatic rings. The van der Waals surface area contributed by atoms with E-state index in [4.69, 9.17) is 15.0 Å². The van der Waals surface area contributed by atoms with Crippen LogP contribution in [0.15, 0.2) is 200 Å². The van der Waals surface area contributed by atoms with Crippen LogP contribution in [0.2, 0.25) is 0 Å². The third-order valence-electron chi connectivity index (χ3n) is 13.2. The Labute approximate surface area is 349 Å². The number of aromatic nitrogens is 3. The summed E-state index contributed by atoms with van der Waals surface area (Å²) in [5.41, 5.74) is 14.7. The normalized spacial score (nSPS) is 14.1. The summed E-state index contributed by atoms with van der Waals surface area (Å²) in [4.78, 5) is 15.7. The quantitative estimate of drug-likeness (QED) is 0.168. The first-order valence-corrected chi connectivity index (χ1v) is 20.8. The van der Waals surface area contributed by atoms with Crippen molar-refractivity contribution < 1.29 is 0 Å². The van der Waals surface area contributed by atoms with E-state index < -0.39 is 5.41 Å². The number of rotatable bonds is 4. The van der Waals surface area contributed by atoms with Crippen LogP contribution < -0.4 is 0 Å². The van der Waals surface area contributed by atoms with Crippen molar-refractivity contribution in [2.45, 2.75) is 24.7 Å². The van der Waals surface area contributed by atoms with Crippen molar-refractivity contribution in [1.82, 2.24) is 15.0 Å². The minimum atomic E-state index is -0.578. The summed E-state index contributed by atoms with van der Waals surface area (Å²) in [6.45, 7) is 4.75. The van der Waals surface area contributed by atoms with Gasteiger partial charge in [0.05, 0.1) is 5.41 Å². The summed E-state index contributed by atoms with van der Waals surface area (Å²) in [6, 6.07) is 72.7. The third kappa shape index (κ3) is 4.87. The SMILES string of the molecule is CC1(C)c2ccccc2C2(c3ccc(-c4cc5ccccc5c5ccccc45)cc3-c3c(-c4nc(-c5ccccc5)nc(-c5ccccc5)n4)cccc32)c2ccccc21. The Balaban J connectivity index is 1.20. The molecule has 1 heterocycles. The molecule has 0 fully saturated rings. The summed E-state index contributed by atoms with van der Waals surface area (Å²) >= 11 is 0. The molecule has 0 unspecified atom stereocenters. The first-order valence-electron chi connectivity index (χ1n) is 20.8. The molecule has 0 N–H and O–H groups in total. The number of fused-ring (bicyclic) bond motifs is 12. The zero-order valence-corrected chi connectivity index (χ0v) is 33.4. The molecular formula is C57H39N3. The molecular weight excluding hydrogens is 727 g/mol. The molecule has 282 valence electrons. The van der Waals surface area contributed by atoms with Gasteiger partial charge in [-0.05, 0) is 89.3 Å². The molecule has 1 aromatic heterocycles. The monoisotopic (exact) mass is 765 g/mol. The van der Waals surface area contributed by atoms with Gasteiger partial charge in [0.25, 0.3) is 0 Å². The zero-order chi connectivity index (χ0) is 40.0. The lowest BCUT2D eigenvalue weighted by atomic mass is 9.55. The minimum Gasteiger partial charge on any atom is -0.208 e. The highest BCUT2D eigenvalue weighted by Crippen LogP contribution is 2.63. The van der Waals surface area contributed by atoms with Gasteiger partial charge in [-0.25, -0.2) is 15.0 Å². The van der Waals surface area contributed by atoms with Gasteiger partial charge >= 0.3 is 0 Å². The molecule has 0 atom stereocenters. The molecule has 9 aromatic carbocycles. The second-order valence-corrected chi connectivity index (χ2v) is 16.7. The fourth-order valence-electron chi connectivity index (χ4n) is 10.5. The van der Waals surface area contributed by atoms with E-state index in [1.807, 2.05) is 36.4 Å². The van der Waals surface area contributed by atoms with Crippen LogP contribution in [0.25, 0.3) is 78.0 Å². The number of hydrogen-bond donors (Lipinski definition) is 0. The van der Waals surface area contributed by atoms with Gasteiger partial charge in [-0.3, -0.25) is 0 Å². The Morgan fingerprint density at radius 1 is 0.317 bits per heavy atom. The molecule has 12 rings (SSSR count). The van der Waals surface area contributed by atoms with Gasteiger partial charge < -0.3 is 0 Å². The molecule has 3 nitrogen and oxygen atoms in total. The molecule has 1 spiro atoms. The van der Waals surface area contributed by atoms with E-state index in [1.54, 1.807) is 0 Å². The summed E-state index contributed by atoms with van der Waals surface area (Å²) in [6.07, 6.45) is 0. The van der Waals surface area contributed by atoms with Crippen molar-refractivity contribution in [3.8, 4) is 56.4 Å². The van der Waals surface area contributed by atoms with E-state index in [1.165, 1.54) is 71.6 Å². The van der Waals surface area contributed by atoms with Gasteiger partial charge in [0.1, 0.15) is 0 Å². The average molecular weight is 766 g/mol. The fraction of sp³-hybridized carbons (Fsp3) is 0.0702. The molecule has 2 aliphatic carbocycles. The van der Waals surface area contributed by atoms with Crippen LogP contribution in [0, 0.1) is 0 Å². The van der Waals surface area contributed by atoms with Gasteiger partial charge in [0.2, 0.25) is 0 Å². The first-order chi connectivity index (χ1) is 29.5. The van der Waals surface area contributed by atoms with Crippen LogP contribution in [-0.4, -0.2) is 15.0 Å². The van der Waals surface area contributed by atoms with E-state index in [0.717, 1.165) is 22.3 Å². The van der Waals surface area contributed by atoms with E-state index in [-0.39, 0.29) is 5.41 Å². The Morgan fingerprint density at radius 3 is 1.48 bits per heavy atom. The second-order valence-electron chi connectivity index (χ2n) is 16.7. The van der Waals surface area contributed by atoms with Gasteiger partial charge in [0, 0.05) is 22.1 Å². The molecule has 0 saturated heterocycles. The van der Waals surface area contributed by atoms with Crippen LogP contribution in [0.5, 0.6) is 0 Å². The Bertz CT molecular complexity index is 3240. The molecule has 0 bridgehead atoms. The van der Waals surface area contributed by atoms with Crippen LogP contribution in [0.1, 0.15) is 47.2 Å². The molecule has 60 heavy (non-hydrogen) atoms.